The molecule has 152 valence electrons. The maximum Gasteiger partial charge on any atom is 0.323 e. The highest BCUT2D eigenvalue weighted by Gasteiger charge is 2.15. The van der Waals surface area contributed by atoms with Gasteiger partial charge >= 0.3 is 6.03 Å². The molecule has 4 rings (SSSR count). The lowest BCUT2D eigenvalue weighted by molar-refractivity contribution is 0.262. The Morgan fingerprint density at radius 3 is 2.48 bits per heavy atom. The molecule has 1 aromatic heterocycles. The molecule has 0 atom stereocenters. The lowest BCUT2D eigenvalue weighted by Crippen LogP contribution is -2.20. The number of nitrogens with one attached hydrogen (secondary N) is 2. The number of carbonyl (C=O) groups is 1. The van der Waals surface area contributed by atoms with Gasteiger partial charge in [0.1, 0.15) is 7.85 Å². The first kappa shape index (κ1) is 20.6. The molecule has 2 radical (unpaired) electrons. The summed E-state index contributed by atoms with van der Waals surface area (Å²) in [6, 6.07) is 22.8. The number of amides is 2. The van der Waals surface area contributed by atoms with Crippen LogP contribution in [0.4, 0.5) is 16.2 Å². The predicted molar refractivity (Wildman–Crippen MR) is 124 cm³/mol. The van der Waals surface area contributed by atoms with Gasteiger partial charge in [0.2, 0.25) is 5.88 Å². The van der Waals surface area contributed by atoms with Crippen molar-refractivity contribution in [2.45, 2.75) is 6.92 Å². The molecule has 2 amide bonds. The highest BCUT2D eigenvalue weighted by Crippen LogP contribution is 2.32. The number of carbonyl (C=O) groups excluding carboxylic acids is 1. The zero-order chi connectivity index (χ0) is 21.8. The topological polar surface area (TPSA) is 68.2 Å². The van der Waals surface area contributed by atoms with E-state index in [1.807, 2.05) is 37.3 Å². The minimum absolute atomic E-state index is 0.406. The molecule has 2 N–H and O–H groups in total. The van der Waals surface area contributed by atoms with Gasteiger partial charge in [-0.1, -0.05) is 53.5 Å². The molecule has 0 unspecified atom stereocenters. The molecule has 0 fully saturated rings. The van der Waals surface area contributed by atoms with E-state index < -0.39 is 6.03 Å². The molecule has 8 heteroatoms. The van der Waals surface area contributed by atoms with Gasteiger partial charge in [-0.15, -0.1) is 0 Å². The standard InChI is InChI=1S/C23H18BClN4O2/c1-15-14-22(29(28-15)20-8-4-2-6-18(20)25)31-21-9-5-3-7-19(21)27-23(30)26-17-12-10-16(24)11-13-17/h2-14H,1H3,(H2,26,27,30). The van der Waals surface area contributed by atoms with Crippen molar-refractivity contribution in [1.29, 1.82) is 0 Å². The van der Waals surface area contributed by atoms with Crippen LogP contribution in [-0.2, 0) is 0 Å². The highest BCUT2D eigenvalue weighted by molar-refractivity contribution is 6.32. The molecule has 31 heavy (non-hydrogen) atoms. The monoisotopic (exact) mass is 428 g/mol. The minimum Gasteiger partial charge on any atom is -0.437 e. The van der Waals surface area contributed by atoms with Crippen LogP contribution in [0.15, 0.2) is 78.9 Å². The second-order valence-corrected chi connectivity index (χ2v) is 7.19. The molecular weight excluding hydrogens is 411 g/mol. The normalized spacial score (nSPS) is 10.5. The largest absolute Gasteiger partial charge is 0.437 e. The van der Waals surface area contributed by atoms with Gasteiger partial charge in [0.15, 0.2) is 5.75 Å². The number of hydrogen-bond donors (Lipinski definition) is 2. The summed E-state index contributed by atoms with van der Waals surface area (Å²) in [7, 11) is 5.68. The number of hydrogen-bond acceptors (Lipinski definition) is 3. The number of nitrogens with zero attached hydrogens (tertiary/aromatic N) is 2. The smallest absolute Gasteiger partial charge is 0.323 e. The van der Waals surface area contributed by atoms with E-state index in [2.05, 4.69) is 15.7 Å². The van der Waals surface area contributed by atoms with E-state index in [-0.39, 0.29) is 0 Å². The Bertz CT molecular complexity index is 1220. The van der Waals surface area contributed by atoms with Crippen LogP contribution < -0.4 is 20.8 Å². The number of aromatic nitrogens is 2. The van der Waals surface area contributed by atoms with Gasteiger partial charge in [-0.2, -0.15) is 9.78 Å². The van der Waals surface area contributed by atoms with E-state index in [4.69, 9.17) is 24.2 Å². The number of para-hydroxylation sites is 3. The van der Waals surface area contributed by atoms with Crippen LogP contribution in [0, 0.1) is 6.92 Å². The second kappa shape index (κ2) is 8.98. The Hall–Kier alpha value is -3.71. The zero-order valence-electron chi connectivity index (χ0n) is 16.7. The quantitative estimate of drug-likeness (QED) is 0.436. The SMILES string of the molecule is [B]c1ccc(NC(=O)Nc2ccccc2Oc2cc(C)nn2-c2ccccc2Cl)cc1. The molecule has 0 saturated heterocycles. The summed E-state index contributed by atoms with van der Waals surface area (Å²) in [6.45, 7) is 1.87. The maximum atomic E-state index is 12.5. The van der Waals surface area contributed by atoms with Crippen molar-refractivity contribution in [2.24, 2.45) is 0 Å². The molecule has 1 heterocycles. The summed E-state index contributed by atoms with van der Waals surface area (Å²) in [4.78, 5) is 12.5. The van der Waals surface area contributed by atoms with Gasteiger partial charge in [-0.25, -0.2) is 4.79 Å². The molecule has 0 bridgehead atoms. The van der Waals surface area contributed by atoms with Crippen LogP contribution in [0.25, 0.3) is 5.69 Å². The summed E-state index contributed by atoms with van der Waals surface area (Å²) < 4.78 is 7.75. The average molecular weight is 429 g/mol. The summed E-state index contributed by atoms with van der Waals surface area (Å²) in [5.41, 5.74) is 3.20. The van der Waals surface area contributed by atoms with Gasteiger partial charge in [-0.3, -0.25) is 0 Å². The third-order valence-corrected chi connectivity index (χ3v) is 4.72. The van der Waals surface area contributed by atoms with Crippen molar-refractivity contribution >= 4 is 42.3 Å². The number of urea groups is 1. The molecule has 0 aliphatic heterocycles. The first-order valence-electron chi connectivity index (χ1n) is 9.51. The molecule has 3 aromatic carbocycles. The van der Waals surface area contributed by atoms with E-state index >= 15 is 0 Å². The van der Waals surface area contributed by atoms with Crippen LogP contribution in [0.2, 0.25) is 5.02 Å². The maximum absolute atomic E-state index is 12.5. The van der Waals surface area contributed by atoms with Crippen molar-refractivity contribution < 1.29 is 9.53 Å². The molecule has 6 nitrogen and oxygen atoms in total. The second-order valence-electron chi connectivity index (χ2n) is 6.79. The Morgan fingerprint density at radius 1 is 1.00 bits per heavy atom. The minimum atomic E-state index is -0.406. The molecule has 4 aromatic rings. The number of halogens is 1. The molecule has 0 aliphatic carbocycles. The Balaban J connectivity index is 1.57. The van der Waals surface area contributed by atoms with Gasteiger partial charge < -0.3 is 15.4 Å². The van der Waals surface area contributed by atoms with E-state index in [9.17, 15) is 4.79 Å². The lowest BCUT2D eigenvalue weighted by Gasteiger charge is -2.14. The number of anilines is 2. The first-order valence-corrected chi connectivity index (χ1v) is 9.89. The molecule has 0 spiro atoms. The van der Waals surface area contributed by atoms with E-state index in [1.165, 1.54) is 0 Å². The number of aryl methyl sites for hydroxylation is 1. The first-order chi connectivity index (χ1) is 15.0. The molecule has 0 saturated carbocycles. The van der Waals surface area contributed by atoms with Crippen molar-refractivity contribution in [3.8, 4) is 17.3 Å². The zero-order valence-corrected chi connectivity index (χ0v) is 17.4. The van der Waals surface area contributed by atoms with Crippen molar-refractivity contribution in [3.05, 3.63) is 89.6 Å². The van der Waals surface area contributed by atoms with Crippen molar-refractivity contribution in [3.63, 3.8) is 0 Å². The van der Waals surface area contributed by atoms with Gasteiger partial charge in [0.05, 0.1) is 22.1 Å². The summed E-state index contributed by atoms with van der Waals surface area (Å²) in [5, 5.41) is 10.6. The summed E-state index contributed by atoms with van der Waals surface area (Å²) in [5.74, 6) is 0.932. The third kappa shape index (κ3) is 4.90. The Kier molecular flexibility index (Phi) is 5.95. The number of rotatable bonds is 5. The van der Waals surface area contributed by atoms with Gasteiger partial charge in [-0.05, 0) is 43.3 Å². The Morgan fingerprint density at radius 2 is 1.71 bits per heavy atom. The van der Waals surface area contributed by atoms with Gasteiger partial charge in [0, 0.05) is 11.8 Å². The highest BCUT2D eigenvalue weighted by atomic mass is 35.5. The van der Waals surface area contributed by atoms with Crippen LogP contribution in [-0.4, -0.2) is 23.7 Å². The fourth-order valence-electron chi connectivity index (χ4n) is 2.97. The number of ether oxygens (including phenoxy) is 1. The van der Waals surface area contributed by atoms with E-state index in [0.29, 0.717) is 39.2 Å². The molecular formula is C23H18BClN4O2. The van der Waals surface area contributed by atoms with E-state index in [1.54, 1.807) is 53.2 Å². The lowest BCUT2D eigenvalue weighted by atomic mass is 9.96. The van der Waals surface area contributed by atoms with Crippen LogP contribution in [0.3, 0.4) is 0 Å². The predicted octanol–water partition coefficient (Wildman–Crippen LogP) is 5.06. The fourth-order valence-corrected chi connectivity index (χ4v) is 3.18. The van der Waals surface area contributed by atoms with Crippen molar-refractivity contribution in [2.75, 3.05) is 10.6 Å². The van der Waals surface area contributed by atoms with Crippen LogP contribution in [0.5, 0.6) is 11.6 Å². The fraction of sp³-hybridized carbons (Fsp3) is 0.0435. The Labute approximate surface area is 186 Å². The van der Waals surface area contributed by atoms with Crippen LogP contribution >= 0.6 is 11.6 Å². The number of benzene rings is 3. The van der Waals surface area contributed by atoms with Crippen molar-refractivity contribution in [1.82, 2.24) is 9.78 Å². The molecule has 0 aliphatic rings. The average Bonchev–Trinajstić information content (AvgIpc) is 3.11. The summed E-state index contributed by atoms with van der Waals surface area (Å²) >= 11 is 6.34. The van der Waals surface area contributed by atoms with Gasteiger partial charge in [0.25, 0.3) is 0 Å². The summed E-state index contributed by atoms with van der Waals surface area (Å²) in [6.07, 6.45) is 0. The van der Waals surface area contributed by atoms with Crippen LogP contribution in [0.1, 0.15) is 5.69 Å². The van der Waals surface area contributed by atoms with E-state index in [0.717, 1.165) is 5.69 Å². The third-order valence-electron chi connectivity index (χ3n) is 4.40.